The third-order valence-corrected chi connectivity index (χ3v) is 3.02. The monoisotopic (exact) mass is 177 g/mol. The molecular weight excluding hydrogens is 162 g/mol. The van der Waals surface area contributed by atoms with E-state index in [4.69, 9.17) is 10.5 Å². The van der Waals surface area contributed by atoms with E-state index >= 15 is 0 Å². The Morgan fingerprint density at radius 1 is 1.36 bits per heavy atom. The Balaban J connectivity index is 0.000000605. The van der Waals surface area contributed by atoms with Crippen molar-refractivity contribution in [2.45, 2.75) is 31.2 Å². The summed E-state index contributed by atoms with van der Waals surface area (Å²) in [5, 5.41) is 0. The lowest BCUT2D eigenvalue weighted by Gasteiger charge is -2.69. The molecule has 0 unspecified atom stereocenters. The van der Waals surface area contributed by atoms with E-state index < -0.39 is 0 Å². The van der Waals surface area contributed by atoms with Crippen LogP contribution in [0.4, 0.5) is 0 Å². The molecule has 0 aromatic carbocycles. The predicted molar refractivity (Wildman–Crippen MR) is 46.9 cm³/mol. The molecular formula is C8H16ClNO. The van der Waals surface area contributed by atoms with Crippen LogP contribution in [-0.4, -0.2) is 19.3 Å². The first-order valence-electron chi connectivity index (χ1n) is 3.96. The molecule has 2 bridgehead atoms. The van der Waals surface area contributed by atoms with E-state index in [9.17, 15) is 0 Å². The minimum absolute atomic E-state index is 0. The van der Waals surface area contributed by atoms with E-state index in [-0.39, 0.29) is 17.9 Å². The highest BCUT2D eigenvalue weighted by Gasteiger charge is 2.64. The number of hydrogen-bond acceptors (Lipinski definition) is 2. The fourth-order valence-electron chi connectivity index (χ4n) is 2.67. The standard InChI is InChI=1S/C8H15NO.ClH/c1-10-3-2-7-4-8(9,5-7)6-7;/h2-6,9H2,1H3;1H. The summed E-state index contributed by atoms with van der Waals surface area (Å²) in [7, 11) is 1.77. The predicted octanol–water partition coefficient (Wildman–Crippen LogP) is 1.33. The maximum Gasteiger partial charge on any atom is 0.0467 e. The highest BCUT2D eigenvalue weighted by molar-refractivity contribution is 5.85. The van der Waals surface area contributed by atoms with Crippen molar-refractivity contribution in [3.05, 3.63) is 0 Å². The van der Waals surface area contributed by atoms with E-state index in [1.165, 1.54) is 25.7 Å². The van der Waals surface area contributed by atoms with Gasteiger partial charge >= 0.3 is 0 Å². The van der Waals surface area contributed by atoms with Crippen molar-refractivity contribution in [3.8, 4) is 0 Å². The van der Waals surface area contributed by atoms with Gasteiger partial charge in [-0.15, -0.1) is 12.4 Å². The lowest BCUT2D eigenvalue weighted by Crippen LogP contribution is -2.72. The first kappa shape index (κ1) is 9.30. The molecule has 0 amide bonds. The summed E-state index contributed by atoms with van der Waals surface area (Å²) >= 11 is 0. The highest BCUT2D eigenvalue weighted by atomic mass is 35.5. The van der Waals surface area contributed by atoms with Gasteiger partial charge in [0, 0.05) is 19.3 Å². The van der Waals surface area contributed by atoms with Gasteiger partial charge in [0.05, 0.1) is 0 Å². The maximum absolute atomic E-state index is 5.90. The third-order valence-electron chi connectivity index (χ3n) is 3.02. The first-order chi connectivity index (χ1) is 4.68. The topological polar surface area (TPSA) is 35.2 Å². The molecule has 2 nitrogen and oxygen atoms in total. The van der Waals surface area contributed by atoms with Gasteiger partial charge in [-0.05, 0) is 31.1 Å². The van der Waals surface area contributed by atoms with Crippen LogP contribution in [0.2, 0.25) is 0 Å². The van der Waals surface area contributed by atoms with Gasteiger partial charge in [-0.2, -0.15) is 0 Å². The van der Waals surface area contributed by atoms with Crippen molar-refractivity contribution in [2.75, 3.05) is 13.7 Å². The van der Waals surface area contributed by atoms with E-state index in [0.29, 0.717) is 5.41 Å². The largest absolute Gasteiger partial charge is 0.385 e. The summed E-state index contributed by atoms with van der Waals surface area (Å²) in [4.78, 5) is 0. The normalized spacial score (nSPS) is 45.3. The maximum atomic E-state index is 5.90. The molecule has 0 saturated heterocycles. The Kier molecular flexibility index (Phi) is 2.21. The summed E-state index contributed by atoms with van der Waals surface area (Å²) in [6, 6.07) is 0. The molecule has 3 rings (SSSR count). The Hall–Kier alpha value is 0.210. The molecule has 0 aromatic rings. The number of hydrogen-bond donors (Lipinski definition) is 1. The van der Waals surface area contributed by atoms with Crippen LogP contribution in [-0.2, 0) is 4.74 Å². The second kappa shape index (κ2) is 2.61. The van der Waals surface area contributed by atoms with Crippen LogP contribution in [0.1, 0.15) is 25.7 Å². The van der Waals surface area contributed by atoms with Crippen molar-refractivity contribution >= 4 is 12.4 Å². The van der Waals surface area contributed by atoms with Crippen LogP contribution in [0.15, 0.2) is 0 Å². The second-order valence-corrected chi connectivity index (χ2v) is 4.14. The zero-order valence-electron chi connectivity index (χ0n) is 6.93. The quantitative estimate of drug-likeness (QED) is 0.706. The molecule has 3 heteroatoms. The summed E-state index contributed by atoms with van der Waals surface area (Å²) in [6.45, 7) is 0.913. The van der Waals surface area contributed by atoms with E-state index in [1.54, 1.807) is 7.11 Å². The van der Waals surface area contributed by atoms with Crippen LogP contribution in [0.3, 0.4) is 0 Å². The minimum Gasteiger partial charge on any atom is -0.385 e. The Morgan fingerprint density at radius 2 is 1.91 bits per heavy atom. The molecule has 0 aromatic heterocycles. The summed E-state index contributed by atoms with van der Waals surface area (Å²) < 4.78 is 5.03. The average Bonchev–Trinajstić information content (AvgIpc) is 1.75. The summed E-state index contributed by atoms with van der Waals surface area (Å²) in [5.74, 6) is 0. The van der Waals surface area contributed by atoms with Crippen molar-refractivity contribution in [2.24, 2.45) is 11.1 Å². The van der Waals surface area contributed by atoms with E-state index in [1.807, 2.05) is 0 Å². The number of halogens is 1. The number of nitrogens with two attached hydrogens (primary N) is 1. The zero-order chi connectivity index (χ0) is 7.24. The SMILES string of the molecule is COCCC12CC(N)(C1)C2.Cl. The fraction of sp³-hybridized carbons (Fsp3) is 1.00. The van der Waals surface area contributed by atoms with Crippen LogP contribution in [0.5, 0.6) is 0 Å². The molecule has 0 aliphatic heterocycles. The zero-order valence-corrected chi connectivity index (χ0v) is 7.75. The Labute approximate surface area is 73.9 Å². The molecule has 0 atom stereocenters. The molecule has 0 heterocycles. The third kappa shape index (κ3) is 1.28. The highest BCUT2D eigenvalue weighted by Crippen LogP contribution is 2.67. The van der Waals surface area contributed by atoms with Gasteiger partial charge in [-0.3, -0.25) is 0 Å². The molecule has 3 fully saturated rings. The molecule has 0 spiro atoms. The smallest absolute Gasteiger partial charge is 0.0467 e. The lowest BCUT2D eigenvalue weighted by atomic mass is 9.39. The van der Waals surface area contributed by atoms with Gasteiger partial charge in [0.1, 0.15) is 0 Å². The van der Waals surface area contributed by atoms with Gasteiger partial charge in [0.15, 0.2) is 0 Å². The van der Waals surface area contributed by atoms with Crippen LogP contribution in [0, 0.1) is 5.41 Å². The van der Waals surface area contributed by atoms with Crippen molar-refractivity contribution in [1.29, 1.82) is 0 Å². The van der Waals surface area contributed by atoms with Crippen molar-refractivity contribution < 1.29 is 4.74 Å². The van der Waals surface area contributed by atoms with Gasteiger partial charge in [-0.25, -0.2) is 0 Å². The first-order valence-corrected chi connectivity index (χ1v) is 3.96. The fourth-order valence-corrected chi connectivity index (χ4v) is 2.67. The molecule has 3 aliphatic rings. The minimum atomic E-state index is 0. The number of rotatable bonds is 3. The summed E-state index contributed by atoms with van der Waals surface area (Å²) in [6.07, 6.45) is 4.98. The molecule has 11 heavy (non-hydrogen) atoms. The van der Waals surface area contributed by atoms with Gasteiger partial charge in [0.2, 0.25) is 0 Å². The Morgan fingerprint density at radius 3 is 2.27 bits per heavy atom. The van der Waals surface area contributed by atoms with Crippen LogP contribution >= 0.6 is 12.4 Å². The molecule has 3 saturated carbocycles. The summed E-state index contributed by atoms with van der Waals surface area (Å²) in [5.41, 5.74) is 6.80. The molecule has 66 valence electrons. The second-order valence-electron chi connectivity index (χ2n) is 4.14. The number of methoxy groups -OCH3 is 1. The molecule has 2 N–H and O–H groups in total. The Bertz CT molecular complexity index is 140. The van der Waals surface area contributed by atoms with E-state index in [0.717, 1.165) is 6.61 Å². The van der Waals surface area contributed by atoms with E-state index in [2.05, 4.69) is 0 Å². The lowest BCUT2D eigenvalue weighted by molar-refractivity contribution is -0.144. The van der Waals surface area contributed by atoms with Crippen LogP contribution < -0.4 is 5.73 Å². The van der Waals surface area contributed by atoms with Crippen molar-refractivity contribution in [1.82, 2.24) is 0 Å². The van der Waals surface area contributed by atoms with Crippen LogP contribution in [0.25, 0.3) is 0 Å². The van der Waals surface area contributed by atoms with Gasteiger partial charge in [-0.1, -0.05) is 0 Å². The van der Waals surface area contributed by atoms with Gasteiger partial charge < -0.3 is 10.5 Å². The van der Waals surface area contributed by atoms with Crippen molar-refractivity contribution in [3.63, 3.8) is 0 Å². The van der Waals surface area contributed by atoms with Gasteiger partial charge in [0.25, 0.3) is 0 Å². The molecule has 0 radical (unpaired) electrons. The number of ether oxygens (including phenoxy) is 1. The average molecular weight is 178 g/mol. The molecule has 3 aliphatic carbocycles.